The van der Waals surface area contributed by atoms with E-state index in [9.17, 15) is 0 Å². The van der Waals surface area contributed by atoms with E-state index < -0.39 is 0 Å². The molecule has 21 heavy (non-hydrogen) atoms. The third-order valence-corrected chi connectivity index (χ3v) is 5.08. The Morgan fingerprint density at radius 2 is 2.10 bits per heavy atom. The highest BCUT2D eigenvalue weighted by Crippen LogP contribution is 2.37. The first-order valence-electron chi connectivity index (χ1n) is 7.37. The highest BCUT2D eigenvalue weighted by atomic mass is 32.2. The van der Waals surface area contributed by atoms with Crippen molar-refractivity contribution < 1.29 is 4.74 Å². The number of fused-ring (bicyclic) bond motifs is 1. The predicted octanol–water partition coefficient (Wildman–Crippen LogP) is 4.11. The molecule has 2 nitrogen and oxygen atoms in total. The molecule has 2 aromatic carbocycles. The molecule has 0 saturated heterocycles. The summed E-state index contributed by atoms with van der Waals surface area (Å²) in [4.78, 5) is 1.39. The Morgan fingerprint density at radius 1 is 1.29 bits per heavy atom. The van der Waals surface area contributed by atoms with Crippen molar-refractivity contribution in [1.29, 1.82) is 0 Å². The molecule has 0 amide bonds. The van der Waals surface area contributed by atoms with Gasteiger partial charge in [-0.05, 0) is 38.0 Å². The number of rotatable bonds is 4. The molecular weight excluding hydrogens is 278 g/mol. The summed E-state index contributed by atoms with van der Waals surface area (Å²) in [6.45, 7) is 4.81. The fourth-order valence-corrected chi connectivity index (χ4v) is 3.90. The average Bonchev–Trinajstić information content (AvgIpc) is 2.88. The first-order chi connectivity index (χ1) is 10.1. The van der Waals surface area contributed by atoms with E-state index in [1.807, 2.05) is 24.8 Å². The standard InChI is InChI=1S/C18H21NOS/c1-12-7-8-17(16(9-12)13(2)19)20-11-15-10-14-5-3-4-6-18(14)21-15/h3-9,13,15H,10-11,19H2,1-2H3/t13-,15?/m1/s1. The van der Waals surface area contributed by atoms with Gasteiger partial charge in [0, 0.05) is 21.8 Å². The Hall–Kier alpha value is -1.45. The summed E-state index contributed by atoms with van der Waals surface area (Å²) in [7, 11) is 0. The summed E-state index contributed by atoms with van der Waals surface area (Å²) < 4.78 is 6.07. The van der Waals surface area contributed by atoms with Gasteiger partial charge in [0.25, 0.3) is 0 Å². The molecule has 1 aliphatic heterocycles. The normalized spacial score (nSPS) is 18.3. The second kappa shape index (κ2) is 6.12. The molecule has 1 unspecified atom stereocenters. The lowest BCUT2D eigenvalue weighted by molar-refractivity contribution is 0.313. The highest BCUT2D eigenvalue weighted by molar-refractivity contribution is 8.00. The van der Waals surface area contributed by atoms with Crippen LogP contribution >= 0.6 is 11.8 Å². The van der Waals surface area contributed by atoms with Gasteiger partial charge in [0.2, 0.25) is 0 Å². The van der Waals surface area contributed by atoms with Crippen molar-refractivity contribution >= 4 is 11.8 Å². The maximum absolute atomic E-state index is 6.07. The quantitative estimate of drug-likeness (QED) is 0.922. The number of benzene rings is 2. The Morgan fingerprint density at radius 3 is 2.86 bits per heavy atom. The molecule has 2 N–H and O–H groups in total. The summed E-state index contributed by atoms with van der Waals surface area (Å²) in [5, 5.41) is 0.490. The number of thioether (sulfide) groups is 1. The minimum Gasteiger partial charge on any atom is -0.492 e. The lowest BCUT2D eigenvalue weighted by atomic mass is 10.1. The van der Waals surface area contributed by atoms with Gasteiger partial charge in [0.1, 0.15) is 12.4 Å². The summed E-state index contributed by atoms with van der Waals surface area (Å²) in [5.74, 6) is 0.923. The van der Waals surface area contributed by atoms with Crippen molar-refractivity contribution in [3.8, 4) is 5.75 Å². The van der Waals surface area contributed by atoms with Crippen LogP contribution in [0.25, 0.3) is 0 Å². The van der Waals surface area contributed by atoms with Crippen LogP contribution in [-0.4, -0.2) is 11.9 Å². The first kappa shape index (κ1) is 14.5. The maximum Gasteiger partial charge on any atom is 0.124 e. The molecule has 0 aromatic heterocycles. The van der Waals surface area contributed by atoms with E-state index in [1.165, 1.54) is 16.0 Å². The van der Waals surface area contributed by atoms with Crippen LogP contribution in [0, 0.1) is 6.92 Å². The Labute approximate surface area is 130 Å². The number of nitrogens with two attached hydrogens (primary N) is 1. The average molecular weight is 299 g/mol. The van der Waals surface area contributed by atoms with Gasteiger partial charge in [-0.25, -0.2) is 0 Å². The van der Waals surface area contributed by atoms with Gasteiger partial charge in [0.05, 0.1) is 0 Å². The van der Waals surface area contributed by atoms with Crippen LogP contribution in [0.4, 0.5) is 0 Å². The SMILES string of the molecule is Cc1ccc(OCC2Cc3ccccc3S2)c([C@@H](C)N)c1. The topological polar surface area (TPSA) is 35.2 Å². The van der Waals surface area contributed by atoms with Crippen LogP contribution in [0.1, 0.15) is 29.7 Å². The molecule has 2 aromatic rings. The van der Waals surface area contributed by atoms with E-state index in [0.29, 0.717) is 5.25 Å². The molecule has 0 bridgehead atoms. The van der Waals surface area contributed by atoms with Gasteiger partial charge in [0.15, 0.2) is 0 Å². The number of aryl methyl sites for hydroxylation is 1. The molecule has 0 spiro atoms. The lowest BCUT2D eigenvalue weighted by Gasteiger charge is -2.17. The van der Waals surface area contributed by atoms with Crippen LogP contribution in [0.5, 0.6) is 5.75 Å². The first-order valence-corrected chi connectivity index (χ1v) is 8.25. The molecule has 3 heteroatoms. The fourth-order valence-electron chi connectivity index (χ4n) is 2.68. The third kappa shape index (κ3) is 3.25. The molecule has 3 rings (SSSR count). The number of ether oxygens (including phenoxy) is 1. The van der Waals surface area contributed by atoms with Crippen LogP contribution in [0.2, 0.25) is 0 Å². The second-order valence-electron chi connectivity index (χ2n) is 5.69. The van der Waals surface area contributed by atoms with Gasteiger partial charge in [-0.15, -0.1) is 11.8 Å². The van der Waals surface area contributed by atoms with E-state index in [-0.39, 0.29) is 6.04 Å². The molecule has 110 valence electrons. The van der Waals surface area contributed by atoms with Crippen molar-refractivity contribution in [2.24, 2.45) is 5.73 Å². The largest absolute Gasteiger partial charge is 0.492 e. The Balaban J connectivity index is 1.67. The molecule has 1 aliphatic rings. The van der Waals surface area contributed by atoms with Crippen LogP contribution in [-0.2, 0) is 6.42 Å². The van der Waals surface area contributed by atoms with E-state index in [1.54, 1.807) is 0 Å². The van der Waals surface area contributed by atoms with E-state index in [2.05, 4.69) is 43.3 Å². The molecular formula is C18H21NOS. The Bertz CT molecular complexity index is 614. The van der Waals surface area contributed by atoms with Gasteiger partial charge in [-0.3, -0.25) is 0 Å². The van der Waals surface area contributed by atoms with Gasteiger partial charge < -0.3 is 10.5 Å². The highest BCUT2D eigenvalue weighted by Gasteiger charge is 2.22. The summed E-state index contributed by atoms with van der Waals surface area (Å²) in [5.41, 5.74) is 9.80. The maximum atomic E-state index is 6.07. The van der Waals surface area contributed by atoms with Gasteiger partial charge in [-0.1, -0.05) is 35.9 Å². The number of hydrogen-bond donors (Lipinski definition) is 1. The van der Waals surface area contributed by atoms with Gasteiger partial charge in [-0.2, -0.15) is 0 Å². The third-order valence-electron chi connectivity index (χ3n) is 3.79. The zero-order valence-electron chi connectivity index (χ0n) is 12.5. The van der Waals surface area contributed by atoms with Crippen molar-refractivity contribution in [1.82, 2.24) is 0 Å². The van der Waals surface area contributed by atoms with Crippen molar-refractivity contribution in [3.05, 3.63) is 59.2 Å². The summed E-state index contributed by atoms with van der Waals surface area (Å²) in [6, 6.07) is 14.9. The second-order valence-corrected chi connectivity index (χ2v) is 7.03. The minimum absolute atomic E-state index is 0.00618. The van der Waals surface area contributed by atoms with Crippen molar-refractivity contribution in [2.45, 2.75) is 36.5 Å². The smallest absolute Gasteiger partial charge is 0.124 e. The summed E-state index contributed by atoms with van der Waals surface area (Å²) in [6.07, 6.45) is 1.08. The van der Waals surface area contributed by atoms with E-state index >= 15 is 0 Å². The number of hydrogen-bond acceptors (Lipinski definition) is 3. The zero-order valence-corrected chi connectivity index (χ0v) is 13.3. The van der Waals surface area contributed by atoms with Crippen LogP contribution < -0.4 is 10.5 Å². The van der Waals surface area contributed by atoms with Gasteiger partial charge >= 0.3 is 0 Å². The van der Waals surface area contributed by atoms with Crippen molar-refractivity contribution in [2.75, 3.05) is 6.61 Å². The molecule has 1 heterocycles. The molecule has 0 radical (unpaired) electrons. The Kier molecular flexibility index (Phi) is 4.22. The predicted molar refractivity (Wildman–Crippen MR) is 89.1 cm³/mol. The molecule has 2 atom stereocenters. The zero-order chi connectivity index (χ0) is 14.8. The monoisotopic (exact) mass is 299 g/mol. The molecule has 0 saturated carbocycles. The van der Waals surface area contributed by atoms with Crippen LogP contribution in [0.15, 0.2) is 47.4 Å². The van der Waals surface area contributed by atoms with Crippen molar-refractivity contribution in [3.63, 3.8) is 0 Å². The minimum atomic E-state index is -0.00618. The lowest BCUT2D eigenvalue weighted by Crippen LogP contribution is -2.15. The van der Waals surface area contributed by atoms with E-state index in [4.69, 9.17) is 10.5 Å². The van der Waals surface area contributed by atoms with Crippen LogP contribution in [0.3, 0.4) is 0 Å². The summed E-state index contributed by atoms with van der Waals surface area (Å²) >= 11 is 1.92. The molecule has 0 fully saturated rings. The fraction of sp³-hybridized carbons (Fsp3) is 0.333. The van der Waals surface area contributed by atoms with E-state index in [0.717, 1.165) is 24.3 Å². The molecule has 0 aliphatic carbocycles.